The van der Waals surface area contributed by atoms with Gasteiger partial charge in [0.15, 0.2) is 16.6 Å². The summed E-state index contributed by atoms with van der Waals surface area (Å²) in [5.41, 5.74) is 0.408. The number of halogens is 1. The van der Waals surface area contributed by atoms with Gasteiger partial charge in [-0.25, -0.2) is 9.78 Å². The van der Waals surface area contributed by atoms with Gasteiger partial charge in [0.2, 0.25) is 0 Å². The first-order valence-electron chi connectivity index (χ1n) is 9.21. The maximum atomic E-state index is 11.7. The molecule has 0 fully saturated rings. The minimum Gasteiger partial charge on any atom is -0.493 e. The molecular formula is C20H18ClN3O7S. The Hall–Kier alpha value is -3.41. The molecule has 32 heavy (non-hydrogen) atoms. The van der Waals surface area contributed by atoms with E-state index in [4.69, 9.17) is 26.2 Å². The predicted octanol–water partition coefficient (Wildman–Crippen LogP) is 4.58. The van der Waals surface area contributed by atoms with Crippen LogP contribution >= 0.6 is 22.9 Å². The van der Waals surface area contributed by atoms with Crippen LogP contribution in [-0.4, -0.2) is 46.4 Å². The second kappa shape index (κ2) is 10.3. The van der Waals surface area contributed by atoms with Crippen molar-refractivity contribution in [2.75, 3.05) is 25.6 Å². The van der Waals surface area contributed by atoms with Gasteiger partial charge in [0.1, 0.15) is 10.6 Å². The van der Waals surface area contributed by atoms with E-state index in [-0.39, 0.29) is 51.8 Å². The van der Waals surface area contributed by atoms with Crippen molar-refractivity contribution < 1.29 is 29.4 Å². The van der Waals surface area contributed by atoms with Gasteiger partial charge in [0.25, 0.3) is 5.69 Å². The number of aromatic nitrogens is 1. The molecule has 0 unspecified atom stereocenters. The lowest BCUT2D eigenvalue weighted by Gasteiger charge is -2.13. The highest BCUT2D eigenvalue weighted by molar-refractivity contribution is 7.18. The van der Waals surface area contributed by atoms with E-state index < -0.39 is 10.9 Å². The number of rotatable bonds is 10. The van der Waals surface area contributed by atoms with Crippen LogP contribution in [0.4, 0.5) is 16.5 Å². The monoisotopic (exact) mass is 479 g/mol. The highest BCUT2D eigenvalue weighted by Gasteiger charge is 2.24. The lowest BCUT2D eigenvalue weighted by Crippen LogP contribution is -2.04. The van der Waals surface area contributed by atoms with Crippen molar-refractivity contribution in [3.63, 3.8) is 0 Å². The molecule has 0 spiro atoms. The summed E-state index contributed by atoms with van der Waals surface area (Å²) in [4.78, 5) is 27.0. The van der Waals surface area contributed by atoms with Gasteiger partial charge in [-0.15, -0.1) is 0 Å². The number of benzene rings is 2. The molecule has 0 atom stereocenters. The molecule has 0 radical (unpaired) electrons. The number of hydrogen-bond donors (Lipinski definition) is 3. The fraction of sp³-hybridized carbons (Fsp3) is 0.200. The molecule has 168 valence electrons. The first-order valence-corrected chi connectivity index (χ1v) is 10.4. The Morgan fingerprint density at radius 3 is 2.72 bits per heavy atom. The summed E-state index contributed by atoms with van der Waals surface area (Å²) in [6.07, 6.45) is 0.361. The summed E-state index contributed by atoms with van der Waals surface area (Å²) in [5.74, 6) is -0.827. The van der Waals surface area contributed by atoms with Gasteiger partial charge in [-0.2, -0.15) is 0 Å². The molecule has 3 aromatic rings. The number of thiazole rings is 1. The second-order valence-corrected chi connectivity index (χ2v) is 7.78. The van der Waals surface area contributed by atoms with Crippen LogP contribution < -0.4 is 14.8 Å². The maximum absolute atomic E-state index is 11.7. The third-order valence-corrected chi connectivity index (χ3v) is 5.39. The molecule has 3 rings (SSSR count). The van der Waals surface area contributed by atoms with Gasteiger partial charge in [0.05, 0.1) is 30.4 Å². The van der Waals surface area contributed by atoms with Crippen molar-refractivity contribution in [3.8, 4) is 22.8 Å². The molecule has 1 heterocycles. The van der Waals surface area contributed by atoms with Crippen LogP contribution in [0.1, 0.15) is 16.1 Å². The number of aliphatic hydroxyl groups excluding tert-OH is 1. The Morgan fingerprint density at radius 1 is 1.31 bits per heavy atom. The van der Waals surface area contributed by atoms with Crippen molar-refractivity contribution in [1.82, 2.24) is 4.98 Å². The highest BCUT2D eigenvalue weighted by Crippen LogP contribution is 2.41. The highest BCUT2D eigenvalue weighted by atomic mass is 35.5. The van der Waals surface area contributed by atoms with Gasteiger partial charge in [-0.3, -0.25) is 10.1 Å². The second-order valence-electron chi connectivity index (χ2n) is 6.34. The Balaban J connectivity index is 2.03. The van der Waals surface area contributed by atoms with Crippen LogP contribution in [0.25, 0.3) is 11.3 Å². The number of nitro groups is 1. The van der Waals surface area contributed by atoms with Crippen LogP contribution in [0, 0.1) is 10.1 Å². The van der Waals surface area contributed by atoms with Crippen LogP contribution in [0.2, 0.25) is 5.02 Å². The number of methoxy groups -OCH3 is 1. The number of carboxylic acids is 1. The molecule has 0 amide bonds. The summed E-state index contributed by atoms with van der Waals surface area (Å²) in [6, 6.07) is 9.13. The standard InChI is InChI=1S/C20H18ClN3O7S/c1-30-15-10-14(24(28)29)13(9-16(15)31-7-3-6-25)22-20-23-17(18(32-20)19(26)27)11-4-2-5-12(21)8-11/h2,4-5,8-10,25H,3,6-7H2,1H3,(H,22,23)(H,26,27). The third kappa shape index (κ3) is 5.25. The zero-order valence-corrected chi connectivity index (χ0v) is 18.3. The summed E-state index contributed by atoms with van der Waals surface area (Å²) < 4.78 is 10.7. The van der Waals surface area contributed by atoms with Crippen LogP contribution in [0.3, 0.4) is 0 Å². The minimum absolute atomic E-state index is 0.0399. The molecule has 1 aromatic heterocycles. The Kier molecular flexibility index (Phi) is 7.46. The van der Waals surface area contributed by atoms with Crippen molar-refractivity contribution in [2.24, 2.45) is 0 Å². The van der Waals surface area contributed by atoms with Crippen molar-refractivity contribution in [1.29, 1.82) is 0 Å². The summed E-state index contributed by atoms with van der Waals surface area (Å²) in [6.45, 7) is 0.0905. The number of aromatic carboxylic acids is 1. The first-order chi connectivity index (χ1) is 15.3. The van der Waals surface area contributed by atoms with E-state index in [1.807, 2.05) is 0 Å². The molecule has 2 aromatic carbocycles. The minimum atomic E-state index is -1.19. The molecule has 10 nitrogen and oxygen atoms in total. The fourth-order valence-electron chi connectivity index (χ4n) is 2.78. The fourth-order valence-corrected chi connectivity index (χ4v) is 3.81. The van der Waals surface area contributed by atoms with E-state index in [9.17, 15) is 20.0 Å². The van der Waals surface area contributed by atoms with E-state index in [1.54, 1.807) is 24.3 Å². The third-order valence-electron chi connectivity index (χ3n) is 4.20. The number of nitrogens with one attached hydrogen (secondary N) is 1. The molecule has 0 aliphatic rings. The quantitative estimate of drug-likeness (QED) is 0.216. The van der Waals surface area contributed by atoms with E-state index in [2.05, 4.69) is 10.3 Å². The lowest BCUT2D eigenvalue weighted by molar-refractivity contribution is -0.384. The normalized spacial score (nSPS) is 10.6. The van der Waals surface area contributed by atoms with E-state index in [0.717, 1.165) is 11.3 Å². The van der Waals surface area contributed by atoms with Gasteiger partial charge in [-0.05, 0) is 12.1 Å². The van der Waals surface area contributed by atoms with E-state index in [1.165, 1.54) is 19.2 Å². The number of nitro benzene ring substituents is 1. The first kappa shape index (κ1) is 23.3. The Bertz CT molecular complexity index is 1150. The molecule has 0 aliphatic heterocycles. The number of aliphatic hydroxyl groups is 1. The summed E-state index contributed by atoms with van der Waals surface area (Å²) in [7, 11) is 1.35. The topological polar surface area (TPSA) is 144 Å². The smallest absolute Gasteiger partial charge is 0.348 e. The number of carboxylic acid groups (broad SMARTS) is 1. The number of carbonyl (C=O) groups is 1. The molecule has 0 saturated heterocycles. The molecule has 12 heteroatoms. The van der Waals surface area contributed by atoms with Crippen molar-refractivity contribution >= 4 is 45.4 Å². The molecular weight excluding hydrogens is 462 g/mol. The largest absolute Gasteiger partial charge is 0.493 e. The van der Waals surface area contributed by atoms with Gasteiger partial charge >= 0.3 is 5.97 Å². The number of anilines is 2. The maximum Gasteiger partial charge on any atom is 0.348 e. The molecule has 0 saturated carbocycles. The van der Waals surface area contributed by atoms with Crippen LogP contribution in [-0.2, 0) is 0 Å². The van der Waals surface area contributed by atoms with E-state index >= 15 is 0 Å². The van der Waals surface area contributed by atoms with Crippen molar-refractivity contribution in [2.45, 2.75) is 6.42 Å². The number of nitrogens with zero attached hydrogens (tertiary/aromatic N) is 2. The zero-order chi connectivity index (χ0) is 23.3. The average Bonchev–Trinajstić information content (AvgIpc) is 3.18. The lowest BCUT2D eigenvalue weighted by atomic mass is 10.1. The SMILES string of the molecule is COc1cc([N+](=O)[O-])c(Nc2nc(-c3cccc(Cl)c3)c(C(=O)O)s2)cc1OCCCO. The number of ether oxygens (including phenoxy) is 2. The Morgan fingerprint density at radius 2 is 2.09 bits per heavy atom. The predicted molar refractivity (Wildman–Crippen MR) is 120 cm³/mol. The zero-order valence-electron chi connectivity index (χ0n) is 16.7. The van der Waals surface area contributed by atoms with Gasteiger partial charge in [-0.1, -0.05) is 35.1 Å². The van der Waals surface area contributed by atoms with Gasteiger partial charge in [0, 0.05) is 29.7 Å². The molecule has 0 aliphatic carbocycles. The number of hydrogen-bond acceptors (Lipinski definition) is 9. The molecule has 3 N–H and O–H groups in total. The van der Waals surface area contributed by atoms with Crippen LogP contribution in [0.15, 0.2) is 36.4 Å². The van der Waals surface area contributed by atoms with Crippen LogP contribution in [0.5, 0.6) is 11.5 Å². The summed E-state index contributed by atoms with van der Waals surface area (Å²) >= 11 is 6.84. The van der Waals surface area contributed by atoms with Crippen molar-refractivity contribution in [3.05, 3.63) is 56.4 Å². The van der Waals surface area contributed by atoms with Gasteiger partial charge < -0.3 is 25.0 Å². The summed E-state index contributed by atoms with van der Waals surface area (Å²) in [5, 5.41) is 33.5. The van der Waals surface area contributed by atoms with E-state index in [0.29, 0.717) is 17.0 Å². The Labute approximate surface area is 191 Å². The molecule has 0 bridgehead atoms. The average molecular weight is 480 g/mol.